The Hall–Kier alpha value is -4.88. The Bertz CT molecular complexity index is 2640. The van der Waals surface area contributed by atoms with Crippen molar-refractivity contribution >= 4 is 17.1 Å². The molecule has 0 radical (unpaired) electrons. The summed E-state index contributed by atoms with van der Waals surface area (Å²) in [7, 11) is 0. The maximum atomic E-state index is 2.65. The Kier molecular flexibility index (Phi) is 8.55. The van der Waals surface area contributed by atoms with Gasteiger partial charge in [0, 0.05) is 22.5 Å². The van der Waals surface area contributed by atoms with E-state index in [9.17, 15) is 0 Å². The molecule has 63 heavy (non-hydrogen) atoms. The summed E-state index contributed by atoms with van der Waals surface area (Å²) in [6.07, 6.45) is 12.0. The lowest BCUT2D eigenvalue weighted by Crippen LogP contribution is -2.55. The maximum Gasteiger partial charge on any atom is 0.0465 e. The van der Waals surface area contributed by atoms with Crippen molar-refractivity contribution in [2.75, 3.05) is 4.90 Å². The molecule has 0 saturated heterocycles. The molecule has 0 unspecified atom stereocenters. The van der Waals surface area contributed by atoms with Gasteiger partial charge in [0.05, 0.1) is 0 Å². The number of hydrogen-bond donors (Lipinski definition) is 0. The first-order chi connectivity index (χ1) is 30.1. The summed E-state index contributed by atoms with van der Waals surface area (Å²) in [5, 5.41) is 0. The molecule has 0 heterocycles. The number of nitrogens with zero attached hydrogens (tertiary/aromatic N) is 1. The first-order valence-electron chi connectivity index (χ1n) is 24.7. The monoisotopic (exact) mass is 826 g/mol. The third-order valence-corrected chi connectivity index (χ3v) is 18.4. The van der Waals surface area contributed by atoms with Crippen molar-refractivity contribution in [1.29, 1.82) is 0 Å². The van der Waals surface area contributed by atoms with E-state index in [0.717, 1.165) is 23.7 Å². The molecular formula is C62H67N. The molecular weight excluding hydrogens is 759 g/mol. The van der Waals surface area contributed by atoms with Crippen molar-refractivity contribution in [3.63, 3.8) is 0 Å². The van der Waals surface area contributed by atoms with Gasteiger partial charge in [-0.1, -0.05) is 146 Å². The van der Waals surface area contributed by atoms with Crippen LogP contribution in [0.25, 0.3) is 33.4 Å². The fourth-order valence-corrected chi connectivity index (χ4v) is 14.9. The number of fused-ring (bicyclic) bond motifs is 5. The van der Waals surface area contributed by atoms with E-state index in [4.69, 9.17) is 0 Å². The zero-order valence-electron chi connectivity index (χ0n) is 39.2. The van der Waals surface area contributed by atoms with Gasteiger partial charge >= 0.3 is 0 Å². The fourth-order valence-electron chi connectivity index (χ4n) is 14.9. The highest BCUT2D eigenvalue weighted by atomic mass is 15.1. The highest BCUT2D eigenvalue weighted by Crippen LogP contribution is 2.69. The molecule has 6 aromatic rings. The first-order valence-corrected chi connectivity index (χ1v) is 24.7. The number of rotatable bonds is 5. The standard InChI is InChI=1S/C62H67N/c1-58(2)27-29-60(5,6)56-36-43(17-25-53(56)58)41-13-19-47(20-14-41)63(48-21-15-42(16-22-48)44-18-26-54-57(37-44)61(7,8)30-28-59(54,3)4)49-23-24-51-50-11-9-10-12-52(50)62(55(51)38-49)45-32-39-31-40(34-45)35-46(62)33-39/h9-26,36-40,45-46H,27-35H2,1-8H3. The number of anilines is 3. The molecule has 4 fully saturated rings. The molecule has 1 heteroatoms. The molecule has 0 aromatic heterocycles. The predicted molar refractivity (Wildman–Crippen MR) is 266 cm³/mol. The van der Waals surface area contributed by atoms with Gasteiger partial charge in [-0.2, -0.15) is 0 Å². The Morgan fingerprint density at radius 2 is 0.762 bits per heavy atom. The third kappa shape index (κ3) is 5.93. The molecule has 1 spiro atoms. The second-order valence-electron chi connectivity index (χ2n) is 23.9. The molecule has 0 aliphatic heterocycles. The van der Waals surface area contributed by atoms with Crippen LogP contribution in [0.3, 0.4) is 0 Å². The van der Waals surface area contributed by atoms with Crippen molar-refractivity contribution < 1.29 is 0 Å². The predicted octanol–water partition coefficient (Wildman–Crippen LogP) is 16.9. The van der Waals surface area contributed by atoms with Gasteiger partial charge in [-0.3, -0.25) is 0 Å². The molecule has 0 N–H and O–H groups in total. The maximum absolute atomic E-state index is 2.65. The van der Waals surface area contributed by atoms with Crippen LogP contribution in [0.1, 0.15) is 147 Å². The Morgan fingerprint density at radius 1 is 0.349 bits per heavy atom. The lowest BCUT2D eigenvalue weighted by molar-refractivity contribution is -0.0399. The van der Waals surface area contributed by atoms with Gasteiger partial charge in [0.25, 0.3) is 0 Å². The van der Waals surface area contributed by atoms with Crippen LogP contribution in [0, 0.1) is 23.7 Å². The Labute approximate surface area is 378 Å². The van der Waals surface area contributed by atoms with E-state index in [0.29, 0.717) is 0 Å². The lowest BCUT2D eigenvalue weighted by atomic mass is 9.43. The third-order valence-electron chi connectivity index (χ3n) is 18.4. The molecule has 4 saturated carbocycles. The van der Waals surface area contributed by atoms with Gasteiger partial charge in [0.15, 0.2) is 0 Å². The van der Waals surface area contributed by atoms with Crippen LogP contribution in [0.5, 0.6) is 0 Å². The average molecular weight is 826 g/mol. The first kappa shape index (κ1) is 39.7. The van der Waals surface area contributed by atoms with Gasteiger partial charge in [0.2, 0.25) is 0 Å². The summed E-state index contributed by atoms with van der Waals surface area (Å²) in [5.41, 5.74) is 22.1. The summed E-state index contributed by atoms with van der Waals surface area (Å²) in [6.45, 7) is 19.4. The molecule has 1 nitrogen and oxygen atoms in total. The van der Waals surface area contributed by atoms with Gasteiger partial charge in [-0.05, 0) is 206 Å². The van der Waals surface area contributed by atoms with Gasteiger partial charge in [-0.15, -0.1) is 0 Å². The van der Waals surface area contributed by atoms with Crippen molar-refractivity contribution in [2.24, 2.45) is 23.7 Å². The van der Waals surface area contributed by atoms with E-state index in [1.807, 2.05) is 0 Å². The van der Waals surface area contributed by atoms with Crippen LogP contribution in [-0.2, 0) is 27.1 Å². The van der Waals surface area contributed by atoms with Crippen LogP contribution >= 0.6 is 0 Å². The van der Waals surface area contributed by atoms with E-state index in [2.05, 4.69) is 188 Å². The minimum atomic E-state index is 0.123. The van der Waals surface area contributed by atoms with Gasteiger partial charge in [0.1, 0.15) is 0 Å². The highest BCUT2D eigenvalue weighted by Gasteiger charge is 2.61. The minimum absolute atomic E-state index is 0.123. The fraction of sp³-hybridized carbons (Fsp3) is 0.419. The Balaban J connectivity index is 0.973. The Morgan fingerprint density at radius 3 is 1.25 bits per heavy atom. The zero-order valence-corrected chi connectivity index (χ0v) is 39.2. The quantitative estimate of drug-likeness (QED) is 0.167. The molecule has 0 atom stereocenters. The normalized spacial score (nSPS) is 27.0. The van der Waals surface area contributed by atoms with Gasteiger partial charge in [-0.25, -0.2) is 0 Å². The molecule has 6 aromatic carbocycles. The summed E-state index contributed by atoms with van der Waals surface area (Å²) in [6, 6.07) is 50.7. The number of benzene rings is 6. The van der Waals surface area contributed by atoms with Crippen molar-refractivity contribution in [1.82, 2.24) is 0 Å². The SMILES string of the molecule is CC1(C)CCC(C)(C)c2cc(-c3ccc(N(c4ccc(-c5ccc6c(c5)C(C)(C)CCC6(C)C)cc4)c4ccc5c(c4)C4(c6ccccc6-5)C5CC6CC(C5)CC4C6)cc3)ccc21. The minimum Gasteiger partial charge on any atom is -0.310 e. The van der Waals surface area contributed by atoms with Crippen LogP contribution in [0.2, 0.25) is 0 Å². The van der Waals surface area contributed by atoms with E-state index in [1.54, 1.807) is 11.1 Å². The number of hydrogen-bond acceptors (Lipinski definition) is 1. The molecule has 4 bridgehead atoms. The second kappa shape index (κ2) is 13.6. The van der Waals surface area contributed by atoms with E-state index < -0.39 is 0 Å². The summed E-state index contributed by atoms with van der Waals surface area (Å²) < 4.78 is 0. The topological polar surface area (TPSA) is 3.24 Å². The molecule has 13 rings (SSSR count). The summed E-state index contributed by atoms with van der Waals surface area (Å²) in [4.78, 5) is 2.55. The molecule has 320 valence electrons. The molecule has 0 amide bonds. The van der Waals surface area contributed by atoms with Crippen LogP contribution in [-0.4, -0.2) is 0 Å². The lowest BCUT2D eigenvalue weighted by Gasteiger charge is -2.61. The van der Waals surface area contributed by atoms with E-state index in [1.165, 1.54) is 130 Å². The van der Waals surface area contributed by atoms with Crippen molar-refractivity contribution in [2.45, 2.75) is 140 Å². The van der Waals surface area contributed by atoms with Crippen LogP contribution in [0.15, 0.2) is 127 Å². The smallest absolute Gasteiger partial charge is 0.0465 e. The zero-order chi connectivity index (χ0) is 43.3. The van der Waals surface area contributed by atoms with Crippen LogP contribution < -0.4 is 4.90 Å². The van der Waals surface area contributed by atoms with Crippen molar-refractivity contribution in [3.05, 3.63) is 161 Å². The molecule has 7 aliphatic carbocycles. The van der Waals surface area contributed by atoms with Gasteiger partial charge < -0.3 is 4.90 Å². The highest BCUT2D eigenvalue weighted by molar-refractivity contribution is 5.87. The molecule has 7 aliphatic rings. The summed E-state index contributed by atoms with van der Waals surface area (Å²) >= 11 is 0. The van der Waals surface area contributed by atoms with Crippen LogP contribution in [0.4, 0.5) is 17.1 Å². The van der Waals surface area contributed by atoms with Crippen molar-refractivity contribution in [3.8, 4) is 33.4 Å². The van der Waals surface area contributed by atoms with E-state index in [-0.39, 0.29) is 27.1 Å². The average Bonchev–Trinajstić information content (AvgIpc) is 3.56. The van der Waals surface area contributed by atoms with E-state index >= 15 is 0 Å². The summed E-state index contributed by atoms with van der Waals surface area (Å²) in [5.74, 6) is 3.31. The second-order valence-corrected chi connectivity index (χ2v) is 23.9. The largest absolute Gasteiger partial charge is 0.310 e.